The maximum Gasteiger partial charge on any atom is 0.339 e. The summed E-state index contributed by atoms with van der Waals surface area (Å²) in [6.07, 6.45) is 1.54. The number of anilines is 1. The molecule has 1 N–H and O–H groups in total. The highest BCUT2D eigenvalue weighted by Crippen LogP contribution is 2.06. The zero-order chi connectivity index (χ0) is 14.1. The first-order chi connectivity index (χ1) is 9.21. The number of pyridine rings is 1. The van der Waals surface area contributed by atoms with Gasteiger partial charge in [-0.1, -0.05) is 13.8 Å². The largest absolute Gasteiger partial charge is 0.462 e. The lowest BCUT2D eigenvalue weighted by atomic mass is 10.3. The number of hydrogen-bond donors (Lipinski definition) is 1. The minimum absolute atomic E-state index is 0.329. The molecule has 0 saturated carbocycles. The van der Waals surface area contributed by atoms with Gasteiger partial charge in [-0.15, -0.1) is 0 Å². The molecule has 1 heterocycles. The van der Waals surface area contributed by atoms with Crippen molar-refractivity contribution < 1.29 is 9.53 Å². The van der Waals surface area contributed by atoms with Gasteiger partial charge < -0.3 is 15.0 Å². The number of hydrogen-bond acceptors (Lipinski definition) is 5. The van der Waals surface area contributed by atoms with E-state index >= 15 is 0 Å². The maximum absolute atomic E-state index is 11.4. The number of carbonyl (C=O) groups is 1. The number of ether oxygens (including phenoxy) is 1. The summed E-state index contributed by atoms with van der Waals surface area (Å²) in [4.78, 5) is 18.0. The van der Waals surface area contributed by atoms with Gasteiger partial charge in [-0.2, -0.15) is 0 Å². The van der Waals surface area contributed by atoms with Gasteiger partial charge in [0.25, 0.3) is 0 Å². The summed E-state index contributed by atoms with van der Waals surface area (Å²) in [6.45, 7) is 10.4. The molecule has 0 atom stereocenters. The van der Waals surface area contributed by atoms with Crippen LogP contribution < -0.4 is 5.32 Å². The van der Waals surface area contributed by atoms with Crippen molar-refractivity contribution in [1.29, 1.82) is 0 Å². The van der Waals surface area contributed by atoms with Crippen LogP contribution in [-0.2, 0) is 4.74 Å². The van der Waals surface area contributed by atoms with E-state index in [1.165, 1.54) is 6.20 Å². The summed E-state index contributed by atoms with van der Waals surface area (Å²) in [5.74, 6) is 0.449. The lowest BCUT2D eigenvalue weighted by Crippen LogP contribution is -2.28. The van der Waals surface area contributed by atoms with E-state index in [1.807, 2.05) is 0 Å². The second kappa shape index (κ2) is 8.48. The molecule has 0 unspecified atom stereocenters. The van der Waals surface area contributed by atoms with Crippen LogP contribution >= 0.6 is 0 Å². The number of likely N-dealkylation sites (N-methyl/N-ethyl adjacent to an activating group) is 1. The fraction of sp³-hybridized carbons (Fsp3) is 0.571. The SMILES string of the molecule is CCOC(=O)c1ccc(NCCN(CC)CC)nc1. The zero-order valence-electron chi connectivity index (χ0n) is 12.0. The highest BCUT2D eigenvalue weighted by atomic mass is 16.5. The van der Waals surface area contributed by atoms with Crippen molar-refractivity contribution in [2.45, 2.75) is 20.8 Å². The molecule has 0 aliphatic rings. The highest BCUT2D eigenvalue weighted by Gasteiger charge is 2.06. The van der Waals surface area contributed by atoms with Crippen LogP contribution in [0.1, 0.15) is 31.1 Å². The van der Waals surface area contributed by atoms with Crippen molar-refractivity contribution in [3.63, 3.8) is 0 Å². The van der Waals surface area contributed by atoms with Crippen LogP contribution in [0, 0.1) is 0 Å². The monoisotopic (exact) mass is 265 g/mol. The number of esters is 1. The molecule has 0 bridgehead atoms. The molecule has 1 aromatic heterocycles. The molecule has 0 aliphatic heterocycles. The Bertz CT molecular complexity index is 375. The predicted octanol–water partition coefficient (Wildman–Crippen LogP) is 2.01. The third-order valence-electron chi connectivity index (χ3n) is 2.90. The first-order valence-corrected chi connectivity index (χ1v) is 6.80. The third kappa shape index (κ3) is 5.26. The zero-order valence-corrected chi connectivity index (χ0v) is 12.0. The van der Waals surface area contributed by atoms with Gasteiger partial charge in [-0.25, -0.2) is 9.78 Å². The number of carbonyl (C=O) groups excluding carboxylic acids is 1. The molecule has 106 valence electrons. The molecule has 0 spiro atoms. The molecule has 5 heteroatoms. The van der Waals surface area contributed by atoms with E-state index in [4.69, 9.17) is 4.74 Å². The highest BCUT2D eigenvalue weighted by molar-refractivity contribution is 5.89. The maximum atomic E-state index is 11.4. The number of aromatic nitrogens is 1. The van der Waals surface area contributed by atoms with Gasteiger partial charge >= 0.3 is 5.97 Å². The molecule has 0 fully saturated rings. The lowest BCUT2D eigenvalue weighted by Gasteiger charge is -2.18. The quantitative estimate of drug-likeness (QED) is 0.729. The van der Waals surface area contributed by atoms with Crippen molar-refractivity contribution in [3.05, 3.63) is 23.9 Å². The van der Waals surface area contributed by atoms with Gasteiger partial charge in [0.2, 0.25) is 0 Å². The minimum Gasteiger partial charge on any atom is -0.462 e. The molecule has 5 nitrogen and oxygen atoms in total. The summed E-state index contributed by atoms with van der Waals surface area (Å²) in [7, 11) is 0. The van der Waals surface area contributed by atoms with Crippen molar-refractivity contribution >= 4 is 11.8 Å². The van der Waals surface area contributed by atoms with Crippen molar-refractivity contribution in [1.82, 2.24) is 9.88 Å². The molecule has 19 heavy (non-hydrogen) atoms. The van der Waals surface area contributed by atoms with E-state index in [-0.39, 0.29) is 5.97 Å². The van der Waals surface area contributed by atoms with Crippen molar-refractivity contribution in [2.24, 2.45) is 0 Å². The van der Waals surface area contributed by atoms with Crippen LogP contribution in [0.5, 0.6) is 0 Å². The standard InChI is InChI=1S/C14H23N3O2/c1-4-17(5-2)10-9-15-13-8-7-12(11-16-13)14(18)19-6-3/h7-8,11H,4-6,9-10H2,1-3H3,(H,15,16). The van der Waals surface area contributed by atoms with Crippen LogP contribution in [-0.4, -0.2) is 48.6 Å². The van der Waals surface area contributed by atoms with Gasteiger partial charge in [-0.3, -0.25) is 0 Å². The molecule has 0 aliphatic carbocycles. The van der Waals surface area contributed by atoms with Crippen LogP contribution in [0.4, 0.5) is 5.82 Å². The summed E-state index contributed by atoms with van der Waals surface area (Å²) < 4.78 is 4.90. The molecular formula is C14H23N3O2. The average Bonchev–Trinajstić information content (AvgIpc) is 2.44. The van der Waals surface area contributed by atoms with E-state index in [9.17, 15) is 4.79 Å². The Morgan fingerprint density at radius 3 is 2.58 bits per heavy atom. The molecule has 0 radical (unpaired) electrons. The van der Waals surface area contributed by atoms with E-state index < -0.39 is 0 Å². The van der Waals surface area contributed by atoms with Crippen molar-refractivity contribution in [3.8, 4) is 0 Å². The van der Waals surface area contributed by atoms with E-state index in [2.05, 4.69) is 29.0 Å². The second-order valence-corrected chi connectivity index (χ2v) is 4.11. The number of rotatable bonds is 8. The van der Waals surface area contributed by atoms with Gasteiger partial charge in [0, 0.05) is 19.3 Å². The number of nitrogens with one attached hydrogen (secondary N) is 1. The van der Waals surface area contributed by atoms with Crippen molar-refractivity contribution in [2.75, 3.05) is 38.1 Å². The molecule has 0 amide bonds. The summed E-state index contributed by atoms with van der Waals surface area (Å²) in [6, 6.07) is 3.53. The van der Waals surface area contributed by atoms with Gasteiger partial charge in [0.15, 0.2) is 0 Å². The van der Waals surface area contributed by atoms with Crippen LogP contribution in [0.25, 0.3) is 0 Å². The molecular weight excluding hydrogens is 242 g/mol. The molecule has 1 aromatic rings. The van der Waals surface area contributed by atoms with E-state index in [1.54, 1.807) is 19.1 Å². The fourth-order valence-electron chi connectivity index (χ4n) is 1.72. The Morgan fingerprint density at radius 1 is 1.32 bits per heavy atom. The Kier molecular flexibility index (Phi) is 6.89. The summed E-state index contributed by atoms with van der Waals surface area (Å²) in [5, 5.41) is 3.24. The predicted molar refractivity (Wildman–Crippen MR) is 76.5 cm³/mol. The lowest BCUT2D eigenvalue weighted by molar-refractivity contribution is 0.0526. The topological polar surface area (TPSA) is 54.5 Å². The van der Waals surface area contributed by atoms with E-state index in [0.717, 1.165) is 32.0 Å². The molecule has 0 saturated heterocycles. The van der Waals surface area contributed by atoms with Crippen LogP contribution in [0.2, 0.25) is 0 Å². The average molecular weight is 265 g/mol. The molecule has 0 aromatic carbocycles. The first-order valence-electron chi connectivity index (χ1n) is 6.80. The van der Waals surface area contributed by atoms with E-state index in [0.29, 0.717) is 12.2 Å². The Labute approximate surface area is 115 Å². The van der Waals surface area contributed by atoms with Gasteiger partial charge in [0.1, 0.15) is 5.82 Å². The third-order valence-corrected chi connectivity index (χ3v) is 2.90. The van der Waals surface area contributed by atoms with Gasteiger partial charge in [0.05, 0.1) is 12.2 Å². The second-order valence-electron chi connectivity index (χ2n) is 4.11. The Morgan fingerprint density at radius 2 is 2.05 bits per heavy atom. The smallest absolute Gasteiger partial charge is 0.339 e. The Balaban J connectivity index is 2.42. The summed E-state index contributed by atoms with van der Waals surface area (Å²) >= 11 is 0. The summed E-state index contributed by atoms with van der Waals surface area (Å²) in [5.41, 5.74) is 0.483. The fourth-order valence-corrected chi connectivity index (χ4v) is 1.72. The van der Waals surface area contributed by atoms with Crippen LogP contribution in [0.3, 0.4) is 0 Å². The normalized spacial score (nSPS) is 10.5. The minimum atomic E-state index is -0.329. The Hall–Kier alpha value is -1.62. The van der Waals surface area contributed by atoms with Gasteiger partial charge in [-0.05, 0) is 32.1 Å². The first kappa shape index (κ1) is 15.4. The van der Waals surface area contributed by atoms with Crippen LogP contribution in [0.15, 0.2) is 18.3 Å². The molecule has 1 rings (SSSR count). The number of nitrogens with zero attached hydrogens (tertiary/aromatic N) is 2.